The standard InChI is InChI=1S/C14H22O2S/c1-4-6-8-12(15)14(7-5-2)17-13-9-10-16-11(13)3/h9-10,14H,4-8H2,1-3H3/t14-/m0/s1. The fraction of sp³-hybridized carbons (Fsp3) is 0.643. The first-order valence-electron chi connectivity index (χ1n) is 6.42. The van der Waals surface area contributed by atoms with E-state index in [9.17, 15) is 4.79 Å². The lowest BCUT2D eigenvalue weighted by molar-refractivity contribution is -0.118. The van der Waals surface area contributed by atoms with Gasteiger partial charge in [0.2, 0.25) is 0 Å². The number of carbonyl (C=O) groups excluding carboxylic acids is 1. The molecular formula is C14H22O2S. The summed E-state index contributed by atoms with van der Waals surface area (Å²) in [6.07, 6.45) is 6.50. The molecule has 1 aromatic heterocycles. The Morgan fingerprint density at radius 3 is 2.71 bits per heavy atom. The van der Waals surface area contributed by atoms with Crippen LogP contribution in [-0.4, -0.2) is 11.0 Å². The zero-order valence-electron chi connectivity index (χ0n) is 11.0. The van der Waals surface area contributed by atoms with Gasteiger partial charge in [-0.05, 0) is 25.8 Å². The number of unbranched alkanes of at least 4 members (excludes halogenated alkanes) is 1. The maximum Gasteiger partial charge on any atom is 0.146 e. The number of hydrogen-bond acceptors (Lipinski definition) is 3. The van der Waals surface area contributed by atoms with Crippen molar-refractivity contribution in [2.24, 2.45) is 0 Å². The second kappa shape index (κ2) is 7.59. The summed E-state index contributed by atoms with van der Waals surface area (Å²) in [6, 6.07) is 1.95. The van der Waals surface area contributed by atoms with Crippen LogP contribution >= 0.6 is 11.8 Å². The molecule has 0 saturated heterocycles. The topological polar surface area (TPSA) is 30.2 Å². The molecule has 0 spiro atoms. The molecule has 0 N–H and O–H groups in total. The van der Waals surface area contributed by atoms with Crippen LogP contribution in [0.15, 0.2) is 21.6 Å². The molecular weight excluding hydrogens is 232 g/mol. The maximum absolute atomic E-state index is 12.1. The van der Waals surface area contributed by atoms with E-state index in [1.165, 1.54) is 0 Å². The van der Waals surface area contributed by atoms with E-state index in [-0.39, 0.29) is 5.25 Å². The van der Waals surface area contributed by atoms with Gasteiger partial charge in [0, 0.05) is 11.3 Å². The predicted molar refractivity (Wildman–Crippen MR) is 72.5 cm³/mol. The summed E-state index contributed by atoms with van der Waals surface area (Å²) in [5.74, 6) is 1.30. The fourth-order valence-corrected chi connectivity index (χ4v) is 2.97. The minimum absolute atomic E-state index is 0.0999. The highest BCUT2D eigenvalue weighted by Gasteiger charge is 2.19. The minimum atomic E-state index is 0.0999. The van der Waals surface area contributed by atoms with Crippen LogP contribution in [0.4, 0.5) is 0 Å². The van der Waals surface area contributed by atoms with Crippen LogP contribution in [0.5, 0.6) is 0 Å². The van der Waals surface area contributed by atoms with Gasteiger partial charge in [-0.25, -0.2) is 0 Å². The van der Waals surface area contributed by atoms with E-state index in [1.807, 2.05) is 13.0 Å². The van der Waals surface area contributed by atoms with Crippen molar-refractivity contribution in [3.05, 3.63) is 18.1 Å². The second-order valence-electron chi connectivity index (χ2n) is 4.31. The number of hydrogen-bond donors (Lipinski definition) is 0. The summed E-state index contributed by atoms with van der Waals surface area (Å²) in [5, 5.41) is 0.0999. The monoisotopic (exact) mass is 254 g/mol. The van der Waals surface area contributed by atoms with Crippen LogP contribution in [0.1, 0.15) is 51.7 Å². The molecule has 0 unspecified atom stereocenters. The van der Waals surface area contributed by atoms with Gasteiger partial charge in [0.25, 0.3) is 0 Å². The Bertz CT molecular complexity index is 344. The molecule has 0 aliphatic rings. The molecule has 0 fully saturated rings. The van der Waals surface area contributed by atoms with E-state index in [0.29, 0.717) is 12.2 Å². The van der Waals surface area contributed by atoms with E-state index in [0.717, 1.165) is 36.3 Å². The second-order valence-corrected chi connectivity index (χ2v) is 5.55. The van der Waals surface area contributed by atoms with E-state index in [4.69, 9.17) is 4.42 Å². The number of aryl methyl sites for hydroxylation is 1. The van der Waals surface area contributed by atoms with E-state index in [1.54, 1.807) is 18.0 Å². The van der Waals surface area contributed by atoms with Crippen molar-refractivity contribution in [3.8, 4) is 0 Å². The van der Waals surface area contributed by atoms with Crippen LogP contribution in [-0.2, 0) is 4.79 Å². The summed E-state index contributed by atoms with van der Waals surface area (Å²) < 4.78 is 5.27. The van der Waals surface area contributed by atoms with Gasteiger partial charge in [0.05, 0.1) is 11.5 Å². The average Bonchev–Trinajstić information content (AvgIpc) is 2.71. The Labute approximate surface area is 108 Å². The third kappa shape index (κ3) is 4.58. The lowest BCUT2D eigenvalue weighted by Gasteiger charge is -2.13. The van der Waals surface area contributed by atoms with Crippen molar-refractivity contribution in [1.82, 2.24) is 0 Å². The van der Waals surface area contributed by atoms with Crippen molar-refractivity contribution < 1.29 is 9.21 Å². The summed E-state index contributed by atoms with van der Waals surface area (Å²) in [4.78, 5) is 13.2. The third-order valence-electron chi connectivity index (χ3n) is 2.77. The van der Waals surface area contributed by atoms with Crippen LogP contribution in [0.2, 0.25) is 0 Å². The molecule has 0 radical (unpaired) electrons. The molecule has 2 nitrogen and oxygen atoms in total. The molecule has 0 amide bonds. The number of ketones is 1. The number of carbonyl (C=O) groups is 1. The first kappa shape index (κ1) is 14.4. The predicted octanol–water partition coefficient (Wildman–Crippen LogP) is 4.61. The highest BCUT2D eigenvalue weighted by molar-refractivity contribution is 8.00. The molecule has 0 bridgehead atoms. The number of furan rings is 1. The molecule has 1 atom stereocenters. The zero-order chi connectivity index (χ0) is 12.7. The quantitative estimate of drug-likeness (QED) is 0.635. The van der Waals surface area contributed by atoms with Crippen LogP contribution in [0.25, 0.3) is 0 Å². The van der Waals surface area contributed by atoms with Crippen molar-refractivity contribution >= 4 is 17.5 Å². The van der Waals surface area contributed by atoms with Crippen LogP contribution < -0.4 is 0 Å². The normalized spacial score (nSPS) is 12.6. The molecule has 1 rings (SSSR count). The molecule has 0 aliphatic heterocycles. The Morgan fingerprint density at radius 2 is 2.18 bits per heavy atom. The van der Waals surface area contributed by atoms with Gasteiger partial charge >= 0.3 is 0 Å². The van der Waals surface area contributed by atoms with Gasteiger partial charge < -0.3 is 4.42 Å². The Morgan fingerprint density at radius 1 is 1.41 bits per heavy atom. The Balaban J connectivity index is 2.59. The summed E-state index contributed by atoms with van der Waals surface area (Å²) in [7, 11) is 0. The number of Topliss-reactive ketones (excluding diaryl/α,β-unsaturated/α-hetero) is 1. The highest BCUT2D eigenvalue weighted by Crippen LogP contribution is 2.31. The summed E-state index contributed by atoms with van der Waals surface area (Å²) in [5.41, 5.74) is 0. The summed E-state index contributed by atoms with van der Waals surface area (Å²) in [6.45, 7) is 6.19. The first-order valence-corrected chi connectivity index (χ1v) is 7.30. The van der Waals surface area contributed by atoms with Gasteiger partial charge in [0.15, 0.2) is 0 Å². The zero-order valence-corrected chi connectivity index (χ0v) is 11.8. The largest absolute Gasteiger partial charge is 0.468 e. The minimum Gasteiger partial charge on any atom is -0.468 e. The van der Waals surface area contributed by atoms with E-state index < -0.39 is 0 Å². The molecule has 17 heavy (non-hydrogen) atoms. The fourth-order valence-electron chi connectivity index (χ4n) is 1.71. The Hall–Kier alpha value is -0.700. The van der Waals surface area contributed by atoms with Crippen LogP contribution in [0, 0.1) is 6.92 Å². The molecule has 0 aliphatic carbocycles. The smallest absolute Gasteiger partial charge is 0.146 e. The molecule has 96 valence electrons. The third-order valence-corrected chi connectivity index (χ3v) is 4.23. The van der Waals surface area contributed by atoms with Gasteiger partial charge in [-0.15, -0.1) is 11.8 Å². The highest BCUT2D eigenvalue weighted by atomic mass is 32.2. The van der Waals surface area contributed by atoms with Gasteiger partial charge in [0.1, 0.15) is 11.5 Å². The molecule has 3 heteroatoms. The van der Waals surface area contributed by atoms with E-state index >= 15 is 0 Å². The van der Waals surface area contributed by atoms with Crippen molar-refractivity contribution in [3.63, 3.8) is 0 Å². The SMILES string of the molecule is CCCCC(=O)[C@H](CCC)Sc1ccoc1C. The van der Waals surface area contributed by atoms with Crippen molar-refractivity contribution in [2.45, 2.75) is 63.0 Å². The maximum atomic E-state index is 12.1. The molecule has 1 aromatic rings. The number of rotatable bonds is 8. The van der Waals surface area contributed by atoms with Gasteiger partial charge in [-0.3, -0.25) is 4.79 Å². The molecule has 1 heterocycles. The lowest BCUT2D eigenvalue weighted by atomic mass is 10.1. The summed E-state index contributed by atoms with van der Waals surface area (Å²) >= 11 is 1.66. The van der Waals surface area contributed by atoms with Crippen molar-refractivity contribution in [1.29, 1.82) is 0 Å². The lowest BCUT2D eigenvalue weighted by Crippen LogP contribution is -2.16. The number of thioether (sulfide) groups is 1. The Kier molecular flexibility index (Phi) is 6.41. The van der Waals surface area contributed by atoms with E-state index in [2.05, 4.69) is 13.8 Å². The van der Waals surface area contributed by atoms with Gasteiger partial charge in [-0.1, -0.05) is 26.7 Å². The first-order chi connectivity index (χ1) is 8.19. The van der Waals surface area contributed by atoms with Crippen molar-refractivity contribution in [2.75, 3.05) is 0 Å². The molecule has 0 saturated carbocycles. The average molecular weight is 254 g/mol. The molecule has 0 aromatic carbocycles. The van der Waals surface area contributed by atoms with Crippen LogP contribution in [0.3, 0.4) is 0 Å². The van der Waals surface area contributed by atoms with Gasteiger partial charge in [-0.2, -0.15) is 0 Å².